The average molecular weight is 208 g/mol. The maximum Gasteiger partial charge on any atom is 0.182 e. The van der Waals surface area contributed by atoms with Crippen molar-refractivity contribution in [2.24, 2.45) is 0 Å². The molecule has 2 aromatic rings. The highest BCUT2D eigenvalue weighted by Crippen LogP contribution is 2.20. The first-order valence-electron chi connectivity index (χ1n) is 4.44. The quantitative estimate of drug-likeness (QED) is 0.596. The number of fused-ring (bicyclic) bond motifs is 1. The lowest BCUT2D eigenvalue weighted by molar-refractivity contribution is 0.0993. The minimum atomic E-state index is -0.478. The van der Waals surface area contributed by atoms with Crippen LogP contribution in [0.15, 0.2) is 30.5 Å². The molecule has 1 atom stereocenters. The van der Waals surface area contributed by atoms with Crippen LogP contribution < -0.4 is 0 Å². The molecule has 1 aromatic heterocycles. The van der Waals surface area contributed by atoms with Gasteiger partial charge in [-0.05, 0) is 13.0 Å². The first kappa shape index (κ1) is 9.28. The van der Waals surface area contributed by atoms with Gasteiger partial charge in [0.1, 0.15) is 0 Å². The molecule has 0 aliphatic carbocycles. The second-order valence-electron chi connectivity index (χ2n) is 3.23. The SMILES string of the molecule is C[C@H](Cl)C(=O)c1c[nH]c2ccccc12. The fraction of sp³-hybridized carbons (Fsp3) is 0.182. The fourth-order valence-electron chi connectivity index (χ4n) is 1.49. The molecule has 1 heterocycles. The second kappa shape index (κ2) is 3.46. The van der Waals surface area contributed by atoms with Crippen molar-refractivity contribution in [3.63, 3.8) is 0 Å². The van der Waals surface area contributed by atoms with Crippen molar-refractivity contribution < 1.29 is 4.79 Å². The number of hydrogen-bond donors (Lipinski definition) is 1. The van der Waals surface area contributed by atoms with Gasteiger partial charge in [0.25, 0.3) is 0 Å². The summed E-state index contributed by atoms with van der Waals surface area (Å²) in [6.07, 6.45) is 1.71. The molecule has 0 spiro atoms. The van der Waals surface area contributed by atoms with Crippen molar-refractivity contribution in [2.75, 3.05) is 0 Å². The molecule has 2 rings (SSSR count). The monoisotopic (exact) mass is 207 g/mol. The minimum absolute atomic E-state index is 0.0379. The van der Waals surface area contributed by atoms with E-state index in [-0.39, 0.29) is 5.78 Å². The van der Waals surface area contributed by atoms with Crippen LogP contribution in [0.3, 0.4) is 0 Å². The van der Waals surface area contributed by atoms with Crippen molar-refractivity contribution >= 4 is 28.3 Å². The molecule has 2 nitrogen and oxygen atoms in total. The predicted molar refractivity (Wildman–Crippen MR) is 57.9 cm³/mol. The second-order valence-corrected chi connectivity index (χ2v) is 3.88. The molecule has 0 saturated carbocycles. The number of aromatic amines is 1. The number of aromatic nitrogens is 1. The fourth-order valence-corrected chi connectivity index (χ4v) is 1.61. The van der Waals surface area contributed by atoms with Gasteiger partial charge < -0.3 is 4.98 Å². The summed E-state index contributed by atoms with van der Waals surface area (Å²) in [5, 5.41) is 0.458. The summed E-state index contributed by atoms with van der Waals surface area (Å²) in [6, 6.07) is 7.69. The zero-order valence-electron chi connectivity index (χ0n) is 7.75. The summed E-state index contributed by atoms with van der Waals surface area (Å²) >= 11 is 5.76. The molecule has 0 amide bonds. The van der Waals surface area contributed by atoms with E-state index < -0.39 is 5.38 Å². The highest BCUT2D eigenvalue weighted by molar-refractivity contribution is 6.34. The molecule has 0 fully saturated rings. The van der Waals surface area contributed by atoms with Crippen molar-refractivity contribution in [1.82, 2.24) is 4.98 Å². The van der Waals surface area contributed by atoms with Crippen LogP contribution in [0.4, 0.5) is 0 Å². The van der Waals surface area contributed by atoms with Gasteiger partial charge in [-0.2, -0.15) is 0 Å². The van der Waals surface area contributed by atoms with Crippen molar-refractivity contribution in [1.29, 1.82) is 0 Å². The standard InChI is InChI=1S/C11H10ClNO/c1-7(12)11(14)9-6-13-10-5-3-2-4-8(9)10/h2-7,13H,1H3/t7-/m0/s1. The molecule has 14 heavy (non-hydrogen) atoms. The number of alkyl halides is 1. The number of H-pyrrole nitrogens is 1. The van der Waals surface area contributed by atoms with E-state index >= 15 is 0 Å². The highest BCUT2D eigenvalue weighted by atomic mass is 35.5. The van der Waals surface area contributed by atoms with E-state index in [0.29, 0.717) is 5.56 Å². The summed E-state index contributed by atoms with van der Waals surface area (Å²) in [5.41, 5.74) is 1.64. The van der Waals surface area contributed by atoms with E-state index in [1.54, 1.807) is 13.1 Å². The maximum atomic E-state index is 11.7. The largest absolute Gasteiger partial charge is 0.360 e. The molecule has 72 valence electrons. The Morgan fingerprint density at radius 2 is 2.14 bits per heavy atom. The number of Topliss-reactive ketones (excluding diaryl/α,β-unsaturated/α-hetero) is 1. The lowest BCUT2D eigenvalue weighted by Gasteiger charge is -1.99. The smallest absolute Gasteiger partial charge is 0.182 e. The Morgan fingerprint density at radius 1 is 1.43 bits per heavy atom. The Morgan fingerprint density at radius 3 is 2.86 bits per heavy atom. The summed E-state index contributed by atoms with van der Waals surface area (Å²) in [7, 11) is 0. The number of benzene rings is 1. The van der Waals surface area contributed by atoms with E-state index in [2.05, 4.69) is 4.98 Å². The Balaban J connectivity index is 2.58. The molecular weight excluding hydrogens is 198 g/mol. The molecule has 1 aromatic carbocycles. The molecule has 0 radical (unpaired) electrons. The number of carbonyl (C=O) groups is 1. The number of carbonyl (C=O) groups excluding carboxylic acids is 1. The molecule has 0 bridgehead atoms. The molecule has 0 saturated heterocycles. The number of nitrogens with one attached hydrogen (secondary N) is 1. The van der Waals surface area contributed by atoms with Gasteiger partial charge >= 0.3 is 0 Å². The average Bonchev–Trinajstić information content (AvgIpc) is 2.60. The summed E-state index contributed by atoms with van der Waals surface area (Å²) in [5.74, 6) is -0.0379. The summed E-state index contributed by atoms with van der Waals surface area (Å²) in [6.45, 7) is 1.69. The molecule has 1 N–H and O–H groups in total. The number of para-hydroxylation sites is 1. The molecule has 0 unspecified atom stereocenters. The van der Waals surface area contributed by atoms with E-state index in [4.69, 9.17) is 11.6 Å². The number of hydrogen-bond acceptors (Lipinski definition) is 1. The number of ketones is 1. The predicted octanol–water partition coefficient (Wildman–Crippen LogP) is 2.98. The first-order valence-corrected chi connectivity index (χ1v) is 4.88. The summed E-state index contributed by atoms with van der Waals surface area (Å²) in [4.78, 5) is 14.7. The molecular formula is C11H10ClNO. The zero-order valence-corrected chi connectivity index (χ0v) is 8.51. The van der Waals surface area contributed by atoms with Gasteiger partial charge in [0.05, 0.1) is 5.38 Å². The van der Waals surface area contributed by atoms with Gasteiger partial charge in [0, 0.05) is 22.7 Å². The highest BCUT2D eigenvalue weighted by Gasteiger charge is 2.15. The van der Waals surface area contributed by atoms with Crippen LogP contribution in [0.5, 0.6) is 0 Å². The Bertz CT molecular complexity index is 473. The van der Waals surface area contributed by atoms with Crippen molar-refractivity contribution in [2.45, 2.75) is 12.3 Å². The molecule has 3 heteroatoms. The van der Waals surface area contributed by atoms with Gasteiger partial charge in [-0.3, -0.25) is 4.79 Å². The van der Waals surface area contributed by atoms with Crippen molar-refractivity contribution in [3.8, 4) is 0 Å². The van der Waals surface area contributed by atoms with E-state index in [9.17, 15) is 4.79 Å². The van der Waals surface area contributed by atoms with Gasteiger partial charge in [0.2, 0.25) is 0 Å². The Kier molecular flexibility index (Phi) is 2.30. The number of rotatable bonds is 2. The van der Waals surface area contributed by atoms with Gasteiger partial charge in [-0.15, -0.1) is 11.6 Å². The molecule has 0 aliphatic rings. The topological polar surface area (TPSA) is 32.9 Å². The van der Waals surface area contributed by atoms with E-state index in [1.165, 1.54) is 0 Å². The third-order valence-electron chi connectivity index (χ3n) is 2.22. The van der Waals surface area contributed by atoms with Crippen LogP contribution in [-0.4, -0.2) is 16.1 Å². The molecule has 0 aliphatic heterocycles. The van der Waals surface area contributed by atoms with Crippen molar-refractivity contribution in [3.05, 3.63) is 36.0 Å². The maximum absolute atomic E-state index is 11.7. The summed E-state index contributed by atoms with van der Waals surface area (Å²) < 4.78 is 0. The minimum Gasteiger partial charge on any atom is -0.360 e. The first-order chi connectivity index (χ1) is 6.70. The normalized spacial score (nSPS) is 13.0. The third-order valence-corrected chi connectivity index (χ3v) is 2.41. The van der Waals surface area contributed by atoms with Crippen LogP contribution in [0.25, 0.3) is 10.9 Å². The lowest BCUT2D eigenvalue weighted by atomic mass is 10.1. The van der Waals surface area contributed by atoms with Gasteiger partial charge in [0.15, 0.2) is 5.78 Å². The van der Waals surface area contributed by atoms with Gasteiger partial charge in [-0.1, -0.05) is 18.2 Å². The van der Waals surface area contributed by atoms with E-state index in [1.807, 2.05) is 24.3 Å². The number of halogens is 1. The van der Waals surface area contributed by atoms with Crippen LogP contribution in [0.2, 0.25) is 0 Å². The zero-order chi connectivity index (χ0) is 10.1. The van der Waals surface area contributed by atoms with E-state index in [0.717, 1.165) is 10.9 Å². The van der Waals surface area contributed by atoms with Crippen LogP contribution in [-0.2, 0) is 0 Å². The Hall–Kier alpha value is -1.28. The third kappa shape index (κ3) is 1.42. The van der Waals surface area contributed by atoms with Gasteiger partial charge in [-0.25, -0.2) is 0 Å². The van der Waals surface area contributed by atoms with Crippen LogP contribution in [0.1, 0.15) is 17.3 Å². The van der Waals surface area contributed by atoms with Crippen LogP contribution >= 0.6 is 11.6 Å². The Labute approximate surface area is 86.9 Å². The van der Waals surface area contributed by atoms with Crippen LogP contribution in [0, 0.1) is 0 Å². The lowest BCUT2D eigenvalue weighted by Crippen LogP contribution is -2.09.